The Morgan fingerprint density at radius 2 is 0.672 bits per heavy atom. The first-order chi connectivity index (χ1) is 27.1. The lowest BCUT2D eigenvalue weighted by molar-refractivity contribution is -0.914. The van der Waals surface area contributed by atoms with Crippen molar-refractivity contribution in [2.75, 3.05) is 98.3 Å². The fourth-order valence-corrected chi connectivity index (χ4v) is 8.04. The lowest BCUT2D eigenvalue weighted by Gasteiger charge is -2.32. The smallest absolute Gasteiger partial charge is 0.203 e. The summed E-state index contributed by atoms with van der Waals surface area (Å²) in [6.07, 6.45) is 3.75. The molecule has 0 amide bonds. The van der Waals surface area contributed by atoms with Crippen molar-refractivity contribution < 1.29 is 82.0 Å². The molecule has 6 rings (SSSR count). The van der Waals surface area contributed by atoms with Crippen LogP contribution in [0.2, 0.25) is 0 Å². The van der Waals surface area contributed by atoms with E-state index in [1.807, 2.05) is 24.3 Å². The Morgan fingerprint density at radius 1 is 0.397 bits per heavy atom. The second kappa shape index (κ2) is 21.9. The number of rotatable bonds is 14. The van der Waals surface area contributed by atoms with E-state index in [-0.39, 0.29) is 24.8 Å². The minimum absolute atomic E-state index is 0. The third-order valence-corrected chi connectivity index (χ3v) is 11.1. The van der Waals surface area contributed by atoms with Gasteiger partial charge in [0.25, 0.3) is 0 Å². The summed E-state index contributed by atoms with van der Waals surface area (Å²) in [6, 6.07) is 17.2. The van der Waals surface area contributed by atoms with Gasteiger partial charge in [-0.1, -0.05) is 0 Å². The fourth-order valence-electron chi connectivity index (χ4n) is 8.04. The van der Waals surface area contributed by atoms with Crippen LogP contribution in [-0.2, 0) is 25.7 Å². The molecule has 0 saturated heterocycles. The number of quaternary nitrogens is 2. The van der Waals surface area contributed by atoms with E-state index in [0.29, 0.717) is 46.6 Å². The van der Waals surface area contributed by atoms with E-state index in [1.54, 1.807) is 71.1 Å². The van der Waals surface area contributed by atoms with Gasteiger partial charge in [0.2, 0.25) is 11.5 Å². The van der Waals surface area contributed by atoms with Gasteiger partial charge in [-0.2, -0.15) is 0 Å². The third-order valence-electron chi connectivity index (χ3n) is 11.1. The maximum absolute atomic E-state index is 5.55. The van der Waals surface area contributed by atoms with Crippen LogP contribution in [0.4, 0.5) is 0 Å². The molecule has 0 aromatic heterocycles. The highest BCUT2D eigenvalue weighted by Crippen LogP contribution is 2.42. The molecular formula is C44H60Cl2N2O10. The number of halogens is 2. The van der Waals surface area contributed by atoms with E-state index in [9.17, 15) is 0 Å². The van der Waals surface area contributed by atoms with Crippen LogP contribution in [0.15, 0.2) is 48.5 Å². The Kier molecular flexibility index (Phi) is 18.1. The number of likely N-dealkylation sites (N-methyl/N-ethyl adjacent to an activating group) is 2. The Hall–Kier alpha value is -4.62. The molecule has 4 atom stereocenters. The van der Waals surface area contributed by atoms with Gasteiger partial charge in [-0.05, 0) is 70.8 Å². The number of nitrogens with one attached hydrogen (secondary N) is 2. The molecule has 2 N–H and O–H groups in total. The molecule has 320 valence electrons. The van der Waals surface area contributed by atoms with Crippen LogP contribution in [0.5, 0.6) is 57.5 Å². The van der Waals surface area contributed by atoms with Crippen LogP contribution in [0, 0.1) is 0 Å². The largest absolute Gasteiger partial charge is 1.00 e. The normalized spacial score (nSPS) is 17.6. The first kappa shape index (κ1) is 47.8. The SMILES string of the molecule is COc1cc2c(cc1OC)[C@@H](Cc1cc(OC)c(OC)c(OC)c1)[NH+](C)CC2.COc1cc2c(cc1OC)[C@@H](Cc1cc(OC)c(OC)c(OC)c1)[NH+](C)CC2.[Cl-].[Cl-]. The average molecular weight is 848 g/mol. The molecule has 14 heteroatoms. The van der Waals surface area contributed by atoms with Crippen molar-refractivity contribution >= 4 is 0 Å². The Balaban J connectivity index is 0.000000300. The first-order valence-corrected chi connectivity index (χ1v) is 18.8. The maximum Gasteiger partial charge on any atom is 0.203 e. The molecule has 2 unspecified atom stereocenters. The summed E-state index contributed by atoms with van der Waals surface area (Å²) in [5, 5.41) is 0. The Morgan fingerprint density at radius 3 is 0.931 bits per heavy atom. The quantitative estimate of drug-likeness (QED) is 0.151. The standard InChI is InChI=1S/2C22H29NO5.2ClH/c2*1-23-8-7-15-12-18(24-2)19(25-3)13-16(15)17(23)9-14-10-20(26-4)22(28-6)21(11-14)27-5;;/h2*10-13,17H,7-9H2,1-6H3;2*1H/t2*17-;;/m11../s1. The van der Waals surface area contributed by atoms with E-state index in [1.165, 1.54) is 32.1 Å². The van der Waals surface area contributed by atoms with E-state index in [0.717, 1.165) is 72.9 Å². The number of ether oxygens (including phenoxy) is 10. The molecule has 0 aliphatic carbocycles. The zero-order chi connectivity index (χ0) is 40.5. The number of hydrogen-bond acceptors (Lipinski definition) is 10. The van der Waals surface area contributed by atoms with Crippen LogP contribution in [-0.4, -0.2) is 98.3 Å². The predicted octanol–water partition coefficient (Wildman–Crippen LogP) is -1.82. The summed E-state index contributed by atoms with van der Waals surface area (Å²) in [6.45, 7) is 2.13. The minimum Gasteiger partial charge on any atom is -1.00 e. The van der Waals surface area contributed by atoms with E-state index < -0.39 is 0 Å². The molecule has 2 aliphatic rings. The monoisotopic (exact) mass is 846 g/mol. The van der Waals surface area contributed by atoms with E-state index in [2.05, 4.69) is 38.4 Å². The predicted molar refractivity (Wildman–Crippen MR) is 215 cm³/mol. The van der Waals surface area contributed by atoms with Crippen molar-refractivity contribution in [2.45, 2.75) is 37.8 Å². The van der Waals surface area contributed by atoms with Gasteiger partial charge in [0.15, 0.2) is 46.0 Å². The molecular weight excluding hydrogens is 787 g/mol. The molecule has 4 aromatic rings. The number of hydrogen-bond donors (Lipinski definition) is 2. The first-order valence-electron chi connectivity index (χ1n) is 18.8. The highest BCUT2D eigenvalue weighted by molar-refractivity contribution is 5.56. The van der Waals surface area contributed by atoms with Crippen molar-refractivity contribution in [1.29, 1.82) is 0 Å². The van der Waals surface area contributed by atoms with Crippen molar-refractivity contribution in [3.05, 3.63) is 81.9 Å². The van der Waals surface area contributed by atoms with Crippen molar-refractivity contribution in [2.24, 2.45) is 0 Å². The van der Waals surface area contributed by atoms with Gasteiger partial charge in [-0.25, -0.2) is 0 Å². The summed E-state index contributed by atoms with van der Waals surface area (Å²) in [4.78, 5) is 2.93. The minimum atomic E-state index is 0. The molecule has 0 saturated carbocycles. The van der Waals surface area contributed by atoms with Crippen LogP contribution < -0.4 is 82.0 Å². The van der Waals surface area contributed by atoms with Crippen molar-refractivity contribution in [3.8, 4) is 57.5 Å². The summed E-state index contributed by atoms with van der Waals surface area (Å²) in [7, 11) is 21.0. The summed E-state index contributed by atoms with van der Waals surface area (Å²) in [5.41, 5.74) is 7.52. The highest BCUT2D eigenvalue weighted by atomic mass is 35.5. The average Bonchev–Trinajstić information content (AvgIpc) is 3.23. The molecule has 0 radical (unpaired) electrons. The van der Waals surface area contributed by atoms with Gasteiger partial charge in [0, 0.05) is 36.8 Å². The number of methoxy groups -OCH3 is 10. The topological polar surface area (TPSA) is 101 Å². The van der Waals surface area contributed by atoms with E-state index in [4.69, 9.17) is 47.4 Å². The van der Waals surface area contributed by atoms with Crippen molar-refractivity contribution in [3.63, 3.8) is 0 Å². The molecule has 58 heavy (non-hydrogen) atoms. The summed E-state index contributed by atoms with van der Waals surface area (Å²) >= 11 is 0. The molecule has 12 nitrogen and oxygen atoms in total. The Bertz CT molecular complexity index is 1770. The maximum atomic E-state index is 5.55. The zero-order valence-corrected chi connectivity index (χ0v) is 37.4. The molecule has 2 aliphatic heterocycles. The molecule has 0 spiro atoms. The second-order valence-electron chi connectivity index (χ2n) is 14.1. The molecule has 2 heterocycles. The van der Waals surface area contributed by atoms with Gasteiger partial charge in [0.1, 0.15) is 12.1 Å². The lowest BCUT2D eigenvalue weighted by Crippen LogP contribution is -3.10. The van der Waals surface area contributed by atoms with Crippen LogP contribution in [0.25, 0.3) is 0 Å². The second-order valence-corrected chi connectivity index (χ2v) is 14.1. The molecule has 0 bridgehead atoms. The van der Waals surface area contributed by atoms with Crippen LogP contribution >= 0.6 is 0 Å². The third kappa shape index (κ3) is 10.1. The summed E-state index contributed by atoms with van der Waals surface area (Å²) < 4.78 is 55.1. The molecule has 4 aromatic carbocycles. The highest BCUT2D eigenvalue weighted by Gasteiger charge is 2.32. The zero-order valence-electron chi connectivity index (χ0n) is 35.9. The summed E-state index contributed by atoms with van der Waals surface area (Å²) in [5.74, 6) is 7.05. The van der Waals surface area contributed by atoms with Crippen LogP contribution in [0.1, 0.15) is 45.5 Å². The van der Waals surface area contributed by atoms with Gasteiger partial charge in [-0.15, -0.1) is 0 Å². The number of benzene rings is 4. The van der Waals surface area contributed by atoms with Gasteiger partial charge in [0.05, 0.1) is 98.3 Å². The van der Waals surface area contributed by atoms with Crippen molar-refractivity contribution in [1.82, 2.24) is 0 Å². The van der Waals surface area contributed by atoms with Gasteiger partial charge >= 0.3 is 0 Å². The van der Waals surface area contributed by atoms with Gasteiger partial charge < -0.3 is 82.0 Å². The lowest BCUT2D eigenvalue weighted by atomic mass is 9.88. The molecule has 0 fully saturated rings. The fraction of sp³-hybridized carbons (Fsp3) is 0.455. The van der Waals surface area contributed by atoms with Crippen LogP contribution in [0.3, 0.4) is 0 Å². The Labute approximate surface area is 356 Å². The van der Waals surface area contributed by atoms with E-state index >= 15 is 0 Å². The van der Waals surface area contributed by atoms with Gasteiger partial charge in [-0.3, -0.25) is 0 Å². The number of fused-ring (bicyclic) bond motifs is 2.